The first kappa shape index (κ1) is 23.1. The van der Waals surface area contributed by atoms with E-state index in [2.05, 4.69) is 16.9 Å². The molecule has 0 atom stereocenters. The summed E-state index contributed by atoms with van der Waals surface area (Å²) in [5.74, 6) is 5.87. The maximum Gasteiger partial charge on any atom is 0.123 e. The highest BCUT2D eigenvalue weighted by molar-refractivity contribution is 5.42. The summed E-state index contributed by atoms with van der Waals surface area (Å²) >= 11 is 0. The van der Waals surface area contributed by atoms with E-state index >= 15 is 0 Å². The minimum absolute atomic E-state index is 0.259. The Hall–Kier alpha value is -2.86. The molecule has 2 aromatic carbocycles. The summed E-state index contributed by atoms with van der Waals surface area (Å²) in [6.45, 7) is 12.0. The van der Waals surface area contributed by atoms with Crippen LogP contribution in [0.3, 0.4) is 0 Å². The number of hydrogen-bond acceptors (Lipinski definition) is 1. The molecule has 138 valence electrons. The predicted molar refractivity (Wildman–Crippen MR) is 110 cm³/mol. The second kappa shape index (κ2) is 14.5. The Morgan fingerprint density at radius 2 is 1.27 bits per heavy atom. The van der Waals surface area contributed by atoms with Crippen molar-refractivity contribution in [2.75, 3.05) is 0 Å². The van der Waals surface area contributed by atoms with Gasteiger partial charge in [0.15, 0.2) is 0 Å². The van der Waals surface area contributed by atoms with Crippen molar-refractivity contribution >= 4 is 0 Å². The molecule has 0 aliphatic heterocycles. The van der Waals surface area contributed by atoms with Gasteiger partial charge in [-0.05, 0) is 36.4 Å². The van der Waals surface area contributed by atoms with Crippen LogP contribution in [0.4, 0.5) is 4.39 Å². The number of hydrogen-bond donors (Lipinski definition) is 0. The zero-order chi connectivity index (χ0) is 19.8. The van der Waals surface area contributed by atoms with Crippen molar-refractivity contribution in [2.24, 2.45) is 0 Å². The molecule has 0 fully saturated rings. The Kier molecular flexibility index (Phi) is 12.9. The molecule has 0 spiro atoms. The lowest BCUT2D eigenvalue weighted by molar-refractivity contribution is 0.627. The number of benzene rings is 2. The topological polar surface area (TPSA) is 17.8 Å². The zero-order valence-electron chi connectivity index (χ0n) is 16.6. The second-order valence-corrected chi connectivity index (χ2v) is 4.27. The lowest BCUT2D eigenvalue weighted by atomic mass is 10.2. The highest BCUT2D eigenvalue weighted by atomic mass is 19.1. The average molecular weight is 352 g/mol. The first-order valence-corrected chi connectivity index (χ1v) is 9.19. The van der Waals surface area contributed by atoms with Crippen LogP contribution >= 0.6 is 0 Å². The van der Waals surface area contributed by atoms with Crippen molar-refractivity contribution < 1.29 is 4.39 Å². The Labute approximate surface area is 157 Å². The maximum atomic E-state index is 12.9. The molecule has 0 amide bonds. The van der Waals surface area contributed by atoms with Crippen molar-refractivity contribution in [1.82, 2.24) is 9.78 Å². The minimum Gasteiger partial charge on any atom is -0.240 e. The van der Waals surface area contributed by atoms with Gasteiger partial charge in [0.1, 0.15) is 5.82 Å². The third-order valence-corrected chi connectivity index (χ3v) is 2.80. The van der Waals surface area contributed by atoms with Crippen molar-refractivity contribution in [2.45, 2.75) is 41.5 Å². The molecule has 1 aromatic heterocycles. The molecule has 3 aromatic rings. The van der Waals surface area contributed by atoms with Crippen LogP contribution in [0.15, 0.2) is 67.0 Å². The van der Waals surface area contributed by atoms with Crippen LogP contribution in [0.5, 0.6) is 0 Å². The molecule has 0 N–H and O–H groups in total. The van der Waals surface area contributed by atoms with E-state index in [4.69, 9.17) is 0 Å². The van der Waals surface area contributed by atoms with Crippen LogP contribution in [0, 0.1) is 17.7 Å². The molecule has 0 bridgehead atoms. The van der Waals surface area contributed by atoms with Gasteiger partial charge in [-0.15, -0.1) is 0 Å². The third-order valence-electron chi connectivity index (χ3n) is 2.80. The first-order valence-electron chi connectivity index (χ1n) is 9.19. The molecule has 0 saturated heterocycles. The molecule has 26 heavy (non-hydrogen) atoms. The Bertz CT molecular complexity index is 763. The normalized spacial score (nSPS) is 8.27. The van der Waals surface area contributed by atoms with Gasteiger partial charge in [-0.25, -0.2) is 9.07 Å². The summed E-state index contributed by atoms with van der Waals surface area (Å²) in [6.07, 6.45) is 3.52. The van der Waals surface area contributed by atoms with Crippen molar-refractivity contribution in [3.63, 3.8) is 0 Å². The van der Waals surface area contributed by atoms with Crippen molar-refractivity contribution in [1.29, 1.82) is 0 Å². The molecule has 0 aliphatic rings. The van der Waals surface area contributed by atoms with Gasteiger partial charge in [0.25, 0.3) is 0 Å². The van der Waals surface area contributed by atoms with Crippen LogP contribution in [-0.4, -0.2) is 9.78 Å². The largest absolute Gasteiger partial charge is 0.240 e. The Morgan fingerprint density at radius 1 is 0.731 bits per heavy atom. The summed E-state index contributed by atoms with van der Waals surface area (Å²) in [5.41, 5.74) is 2.58. The smallest absolute Gasteiger partial charge is 0.123 e. The van der Waals surface area contributed by atoms with Gasteiger partial charge in [-0.1, -0.05) is 71.6 Å². The number of halogens is 1. The second-order valence-electron chi connectivity index (χ2n) is 4.27. The van der Waals surface area contributed by atoms with Crippen LogP contribution in [0.25, 0.3) is 5.69 Å². The van der Waals surface area contributed by atoms with Crippen LogP contribution in [0.2, 0.25) is 0 Å². The summed E-state index contributed by atoms with van der Waals surface area (Å²) in [5, 5.41) is 4.22. The SMILES string of the molecule is CC.CC.CC.Fc1ccc(-n2cc(C#Cc3ccccc3)cn2)cc1. The van der Waals surface area contributed by atoms with Crippen LogP contribution in [0.1, 0.15) is 52.7 Å². The van der Waals surface area contributed by atoms with Crippen molar-refractivity contribution in [3.8, 4) is 17.5 Å². The van der Waals surface area contributed by atoms with E-state index in [1.807, 2.05) is 78.1 Å². The molecule has 3 rings (SSSR count). The van der Waals surface area contributed by atoms with Crippen molar-refractivity contribution in [3.05, 3.63) is 83.9 Å². The highest BCUT2D eigenvalue weighted by Crippen LogP contribution is 2.09. The third kappa shape index (κ3) is 7.81. The van der Waals surface area contributed by atoms with Gasteiger partial charge in [0.2, 0.25) is 0 Å². The van der Waals surface area contributed by atoms with Crippen LogP contribution < -0.4 is 0 Å². The Balaban J connectivity index is 0.000000948. The quantitative estimate of drug-likeness (QED) is 0.458. The molecule has 0 unspecified atom stereocenters. The fourth-order valence-electron chi connectivity index (χ4n) is 1.79. The highest BCUT2D eigenvalue weighted by Gasteiger charge is 1.99. The van der Waals surface area contributed by atoms with E-state index in [0.717, 1.165) is 16.8 Å². The van der Waals surface area contributed by atoms with Gasteiger partial charge < -0.3 is 0 Å². The molecular formula is C23H29FN2. The fourth-order valence-corrected chi connectivity index (χ4v) is 1.79. The molecule has 0 saturated carbocycles. The number of rotatable bonds is 1. The molecule has 3 heteroatoms. The molecule has 0 aliphatic carbocycles. The summed E-state index contributed by atoms with van der Waals surface area (Å²) in [7, 11) is 0. The van der Waals surface area contributed by atoms with E-state index in [0.29, 0.717) is 0 Å². The minimum atomic E-state index is -0.259. The molecular weight excluding hydrogens is 323 g/mol. The van der Waals surface area contributed by atoms with E-state index in [1.165, 1.54) is 12.1 Å². The molecule has 2 nitrogen and oxygen atoms in total. The van der Waals surface area contributed by atoms with Gasteiger partial charge in [0.05, 0.1) is 17.4 Å². The number of nitrogens with zero attached hydrogens (tertiary/aromatic N) is 2. The zero-order valence-corrected chi connectivity index (χ0v) is 16.6. The summed E-state index contributed by atoms with van der Waals surface area (Å²) in [6, 6.07) is 15.9. The van der Waals surface area contributed by atoms with Crippen LogP contribution in [-0.2, 0) is 0 Å². The van der Waals surface area contributed by atoms with E-state index in [1.54, 1.807) is 23.0 Å². The summed E-state index contributed by atoms with van der Waals surface area (Å²) < 4.78 is 14.5. The first-order chi connectivity index (χ1) is 12.8. The Morgan fingerprint density at radius 3 is 1.85 bits per heavy atom. The monoisotopic (exact) mass is 352 g/mol. The standard InChI is InChI=1S/C17H11FN2.3C2H6/c18-16-8-10-17(11-9-16)20-13-15(12-19-20)7-6-14-4-2-1-3-5-14;3*1-2/h1-5,8-13H;3*1-2H3. The molecule has 0 radical (unpaired) electrons. The molecule has 1 heterocycles. The number of aromatic nitrogens is 2. The lowest BCUT2D eigenvalue weighted by Crippen LogP contribution is -1.93. The van der Waals surface area contributed by atoms with Gasteiger partial charge >= 0.3 is 0 Å². The summed E-state index contributed by atoms with van der Waals surface area (Å²) in [4.78, 5) is 0. The lowest BCUT2D eigenvalue weighted by Gasteiger charge is -1.99. The van der Waals surface area contributed by atoms with E-state index in [9.17, 15) is 4.39 Å². The van der Waals surface area contributed by atoms with Gasteiger partial charge in [0, 0.05) is 11.8 Å². The van der Waals surface area contributed by atoms with Gasteiger partial charge in [-0.2, -0.15) is 5.10 Å². The van der Waals surface area contributed by atoms with Gasteiger partial charge in [-0.3, -0.25) is 0 Å². The average Bonchev–Trinajstić information content (AvgIpc) is 3.21. The van der Waals surface area contributed by atoms with E-state index in [-0.39, 0.29) is 5.82 Å². The predicted octanol–water partition coefficient (Wildman–Crippen LogP) is 6.49. The fraction of sp³-hybridized carbons (Fsp3) is 0.261. The van der Waals surface area contributed by atoms with E-state index < -0.39 is 0 Å². The maximum absolute atomic E-state index is 12.9.